The predicted octanol–water partition coefficient (Wildman–Crippen LogP) is 0.886. The first kappa shape index (κ1) is 11.2. The van der Waals surface area contributed by atoms with Crippen LogP contribution < -0.4 is 11.1 Å². The van der Waals surface area contributed by atoms with Crippen LogP contribution in [0.2, 0.25) is 0 Å². The Kier molecular flexibility index (Phi) is 3.64. The van der Waals surface area contributed by atoms with Crippen molar-refractivity contribution in [2.24, 2.45) is 0 Å². The van der Waals surface area contributed by atoms with Crippen molar-refractivity contribution in [1.82, 2.24) is 9.80 Å². The van der Waals surface area contributed by atoms with Crippen molar-refractivity contribution in [3.63, 3.8) is 0 Å². The summed E-state index contributed by atoms with van der Waals surface area (Å²) >= 11 is 0. The molecule has 0 bridgehead atoms. The maximum atomic E-state index is 5.63. The molecule has 4 nitrogen and oxygen atoms in total. The fourth-order valence-corrected chi connectivity index (χ4v) is 1.94. The van der Waals surface area contributed by atoms with Crippen LogP contribution in [0.1, 0.15) is 0 Å². The molecule has 1 aromatic rings. The van der Waals surface area contributed by atoms with Gasteiger partial charge in [-0.25, -0.2) is 0 Å². The lowest BCUT2D eigenvalue weighted by Crippen LogP contribution is -2.28. The Bertz CT molecular complexity index is 322. The zero-order valence-electron chi connectivity index (χ0n) is 9.82. The predicted molar refractivity (Wildman–Crippen MR) is 68.4 cm³/mol. The van der Waals surface area contributed by atoms with Crippen molar-refractivity contribution in [1.29, 1.82) is 0 Å². The molecule has 16 heavy (non-hydrogen) atoms. The van der Waals surface area contributed by atoms with Gasteiger partial charge >= 0.3 is 0 Å². The number of nitrogens with zero attached hydrogens (tertiary/aromatic N) is 2. The molecule has 1 aliphatic heterocycles. The monoisotopic (exact) mass is 220 g/mol. The van der Waals surface area contributed by atoms with Crippen molar-refractivity contribution >= 4 is 11.4 Å². The van der Waals surface area contributed by atoms with Crippen molar-refractivity contribution in [2.75, 3.05) is 50.9 Å². The molecule has 1 saturated heterocycles. The quantitative estimate of drug-likeness (QED) is 0.740. The van der Waals surface area contributed by atoms with Gasteiger partial charge in [0.15, 0.2) is 0 Å². The largest absolute Gasteiger partial charge is 0.399 e. The van der Waals surface area contributed by atoms with Gasteiger partial charge in [0.1, 0.15) is 0 Å². The molecule has 2 rings (SSSR count). The minimum atomic E-state index is 0.812. The van der Waals surface area contributed by atoms with Crippen LogP contribution in [0.15, 0.2) is 24.3 Å². The van der Waals surface area contributed by atoms with Crippen LogP contribution in [-0.4, -0.2) is 49.7 Å². The number of hydrogen-bond acceptors (Lipinski definition) is 4. The number of likely N-dealkylation sites (N-methyl/N-ethyl adjacent to an activating group) is 1. The maximum absolute atomic E-state index is 5.63. The van der Waals surface area contributed by atoms with Gasteiger partial charge < -0.3 is 11.1 Å². The van der Waals surface area contributed by atoms with Gasteiger partial charge in [0.2, 0.25) is 0 Å². The first-order valence-corrected chi connectivity index (χ1v) is 5.74. The van der Waals surface area contributed by atoms with E-state index in [2.05, 4.69) is 22.2 Å². The van der Waals surface area contributed by atoms with E-state index >= 15 is 0 Å². The molecule has 0 aliphatic carbocycles. The third kappa shape index (κ3) is 3.12. The third-order valence-corrected chi connectivity index (χ3v) is 2.91. The van der Waals surface area contributed by atoms with E-state index in [1.54, 1.807) is 0 Å². The molecule has 0 saturated carbocycles. The molecular formula is C12H20N4. The zero-order chi connectivity index (χ0) is 11.4. The van der Waals surface area contributed by atoms with Crippen LogP contribution >= 0.6 is 0 Å². The van der Waals surface area contributed by atoms with Crippen LogP contribution in [0.3, 0.4) is 0 Å². The molecule has 0 spiro atoms. The summed E-state index contributed by atoms with van der Waals surface area (Å²) in [5, 5.41) is 3.40. The van der Waals surface area contributed by atoms with Gasteiger partial charge in [-0.3, -0.25) is 9.80 Å². The molecule has 88 valence electrons. The van der Waals surface area contributed by atoms with E-state index < -0.39 is 0 Å². The molecule has 0 amide bonds. The van der Waals surface area contributed by atoms with Crippen LogP contribution in [0.25, 0.3) is 0 Å². The number of nitrogens with one attached hydrogen (secondary N) is 1. The SMILES string of the molecule is CN1CCN(CCNc2ccc(N)cc2)C1. The molecular weight excluding hydrogens is 200 g/mol. The number of benzene rings is 1. The first-order chi connectivity index (χ1) is 7.74. The van der Waals surface area contributed by atoms with Gasteiger partial charge in [-0.05, 0) is 31.3 Å². The molecule has 1 aromatic carbocycles. The molecule has 1 fully saturated rings. The maximum Gasteiger partial charge on any atom is 0.0505 e. The summed E-state index contributed by atoms with van der Waals surface area (Å²) in [5.41, 5.74) is 7.58. The standard InChI is InChI=1S/C12H20N4/c1-15-8-9-16(10-15)7-6-14-12-4-2-11(13)3-5-12/h2-5,14H,6-10,13H2,1H3. The van der Waals surface area contributed by atoms with Gasteiger partial charge in [-0.15, -0.1) is 0 Å². The van der Waals surface area contributed by atoms with Gasteiger partial charge in [-0.2, -0.15) is 0 Å². The Morgan fingerprint density at radius 1 is 1.25 bits per heavy atom. The molecule has 4 heteroatoms. The fraction of sp³-hybridized carbons (Fsp3) is 0.500. The number of hydrogen-bond donors (Lipinski definition) is 2. The number of nitrogens with two attached hydrogens (primary N) is 1. The highest BCUT2D eigenvalue weighted by Gasteiger charge is 2.14. The Labute approximate surface area is 97.0 Å². The second-order valence-corrected chi connectivity index (χ2v) is 4.39. The highest BCUT2D eigenvalue weighted by molar-refractivity contribution is 5.51. The number of anilines is 2. The molecule has 0 radical (unpaired) electrons. The number of nitrogen functional groups attached to an aromatic ring is 1. The highest BCUT2D eigenvalue weighted by atomic mass is 15.4. The third-order valence-electron chi connectivity index (χ3n) is 2.91. The van der Waals surface area contributed by atoms with Crippen molar-refractivity contribution in [3.05, 3.63) is 24.3 Å². The summed E-state index contributed by atoms with van der Waals surface area (Å²) < 4.78 is 0. The van der Waals surface area contributed by atoms with E-state index in [0.29, 0.717) is 0 Å². The smallest absolute Gasteiger partial charge is 0.0505 e. The summed E-state index contributed by atoms with van der Waals surface area (Å²) in [6.07, 6.45) is 0. The zero-order valence-corrected chi connectivity index (χ0v) is 9.82. The minimum Gasteiger partial charge on any atom is -0.399 e. The van der Waals surface area contributed by atoms with Crippen molar-refractivity contribution < 1.29 is 0 Å². The summed E-state index contributed by atoms with van der Waals surface area (Å²) in [5.74, 6) is 0. The molecule has 1 aliphatic rings. The minimum absolute atomic E-state index is 0.812. The first-order valence-electron chi connectivity index (χ1n) is 5.74. The van der Waals surface area contributed by atoms with Crippen LogP contribution in [-0.2, 0) is 0 Å². The van der Waals surface area contributed by atoms with E-state index in [9.17, 15) is 0 Å². The van der Waals surface area contributed by atoms with Crippen LogP contribution in [0.4, 0.5) is 11.4 Å². The lowest BCUT2D eigenvalue weighted by Gasteiger charge is -2.16. The lowest BCUT2D eigenvalue weighted by molar-refractivity contribution is 0.283. The molecule has 0 aromatic heterocycles. The Morgan fingerprint density at radius 3 is 2.62 bits per heavy atom. The van der Waals surface area contributed by atoms with Crippen molar-refractivity contribution in [3.8, 4) is 0 Å². The van der Waals surface area contributed by atoms with E-state index in [4.69, 9.17) is 5.73 Å². The van der Waals surface area contributed by atoms with E-state index in [-0.39, 0.29) is 0 Å². The van der Waals surface area contributed by atoms with E-state index in [1.807, 2.05) is 24.3 Å². The second-order valence-electron chi connectivity index (χ2n) is 4.39. The molecule has 0 atom stereocenters. The summed E-state index contributed by atoms with van der Waals surface area (Å²) in [7, 11) is 2.16. The molecule has 0 unspecified atom stereocenters. The Balaban J connectivity index is 1.70. The highest BCUT2D eigenvalue weighted by Crippen LogP contribution is 2.10. The lowest BCUT2D eigenvalue weighted by atomic mass is 10.3. The Morgan fingerprint density at radius 2 is 2.00 bits per heavy atom. The van der Waals surface area contributed by atoms with Gasteiger partial charge in [0.25, 0.3) is 0 Å². The van der Waals surface area contributed by atoms with Crippen molar-refractivity contribution in [2.45, 2.75) is 0 Å². The van der Waals surface area contributed by atoms with Gasteiger partial charge in [0, 0.05) is 37.6 Å². The average molecular weight is 220 g/mol. The number of rotatable bonds is 4. The Hall–Kier alpha value is -1.26. The fourth-order valence-electron chi connectivity index (χ4n) is 1.94. The second kappa shape index (κ2) is 5.18. The summed E-state index contributed by atoms with van der Waals surface area (Å²) in [6.45, 7) is 5.53. The van der Waals surface area contributed by atoms with Crippen LogP contribution in [0, 0.1) is 0 Å². The van der Waals surface area contributed by atoms with Gasteiger partial charge in [0.05, 0.1) is 6.67 Å². The molecule has 1 heterocycles. The van der Waals surface area contributed by atoms with Crippen LogP contribution in [0.5, 0.6) is 0 Å². The summed E-state index contributed by atoms with van der Waals surface area (Å²) in [4.78, 5) is 4.79. The van der Waals surface area contributed by atoms with E-state index in [1.165, 1.54) is 13.1 Å². The average Bonchev–Trinajstić information content (AvgIpc) is 2.67. The molecule has 3 N–H and O–H groups in total. The van der Waals surface area contributed by atoms with E-state index in [0.717, 1.165) is 31.1 Å². The summed E-state index contributed by atoms with van der Waals surface area (Å²) in [6, 6.07) is 7.88. The topological polar surface area (TPSA) is 44.5 Å². The normalized spacial score (nSPS) is 17.8. The van der Waals surface area contributed by atoms with Gasteiger partial charge in [-0.1, -0.05) is 0 Å².